The number of pyridine rings is 1. The van der Waals surface area contributed by atoms with Gasteiger partial charge in [-0.1, -0.05) is 12.1 Å². The average Bonchev–Trinajstić information content (AvgIpc) is 2.90. The maximum Gasteiger partial charge on any atom is 0.168 e. The molecule has 0 radical (unpaired) electrons. The fourth-order valence-corrected chi connectivity index (χ4v) is 4.61. The van der Waals surface area contributed by atoms with Gasteiger partial charge in [0.15, 0.2) is 5.82 Å². The highest BCUT2D eigenvalue weighted by molar-refractivity contribution is 5.81. The molecule has 5 rings (SSSR count). The predicted octanol–water partition coefficient (Wildman–Crippen LogP) is 5.47. The van der Waals surface area contributed by atoms with E-state index in [2.05, 4.69) is 25.2 Å². The van der Waals surface area contributed by atoms with E-state index >= 15 is 0 Å². The molecule has 9 heteroatoms. The van der Waals surface area contributed by atoms with Crippen molar-refractivity contribution in [2.45, 2.75) is 25.8 Å². The second-order valence-electron chi connectivity index (χ2n) is 9.11. The SMILES string of the molecule is COc1cccc(F)c1-c1nccc(Nc2cc(N3CCC[C@H](N)C3)c(-c3ccc(F)c(C)c3)cn2)n1. The smallest absolute Gasteiger partial charge is 0.168 e. The number of piperidine rings is 1. The van der Waals surface area contributed by atoms with E-state index in [4.69, 9.17) is 10.5 Å². The van der Waals surface area contributed by atoms with E-state index in [1.54, 1.807) is 43.6 Å². The van der Waals surface area contributed by atoms with Crippen LogP contribution in [0.25, 0.3) is 22.5 Å². The second-order valence-corrected chi connectivity index (χ2v) is 9.11. The molecular formula is C28H28F2N6O. The molecule has 1 fully saturated rings. The Kier molecular flexibility index (Phi) is 6.96. The zero-order chi connectivity index (χ0) is 25.9. The number of rotatable bonds is 6. The molecule has 2 aromatic carbocycles. The number of ether oxygens (including phenoxy) is 1. The molecule has 190 valence electrons. The number of benzene rings is 2. The van der Waals surface area contributed by atoms with Crippen molar-refractivity contribution in [2.24, 2.45) is 5.73 Å². The summed E-state index contributed by atoms with van der Waals surface area (Å²) in [6.07, 6.45) is 5.28. The van der Waals surface area contributed by atoms with Gasteiger partial charge in [-0.3, -0.25) is 0 Å². The van der Waals surface area contributed by atoms with Crippen LogP contribution in [0.4, 0.5) is 26.1 Å². The molecule has 0 unspecified atom stereocenters. The number of aryl methyl sites for hydroxylation is 1. The van der Waals surface area contributed by atoms with Crippen LogP contribution in [0.2, 0.25) is 0 Å². The molecule has 3 N–H and O–H groups in total. The first kappa shape index (κ1) is 24.6. The minimum atomic E-state index is -0.475. The van der Waals surface area contributed by atoms with Crippen molar-refractivity contribution in [3.05, 3.63) is 78.1 Å². The standard InChI is InChI=1S/C28H28F2N6O/c1-17-13-18(8-9-21(17)29)20-15-33-26(14-23(20)36-12-4-5-19(31)16-36)34-25-10-11-32-28(35-25)27-22(30)6-3-7-24(27)37-2/h3,6-11,13-15,19H,4-5,12,16,31H2,1-2H3,(H,32,33,34,35)/t19-/m0/s1. The third-order valence-corrected chi connectivity index (χ3v) is 6.48. The summed E-state index contributed by atoms with van der Waals surface area (Å²) in [5.41, 5.74) is 9.76. The fraction of sp³-hybridized carbons (Fsp3) is 0.250. The van der Waals surface area contributed by atoms with Crippen molar-refractivity contribution in [1.29, 1.82) is 0 Å². The molecule has 3 heterocycles. The van der Waals surface area contributed by atoms with Gasteiger partial charge in [-0.2, -0.15) is 0 Å². The highest BCUT2D eigenvalue weighted by atomic mass is 19.1. The number of hydrogen-bond donors (Lipinski definition) is 2. The maximum atomic E-state index is 14.6. The summed E-state index contributed by atoms with van der Waals surface area (Å²) < 4.78 is 33.9. The summed E-state index contributed by atoms with van der Waals surface area (Å²) in [5, 5.41) is 3.22. The van der Waals surface area contributed by atoms with Crippen LogP contribution in [0.5, 0.6) is 5.75 Å². The van der Waals surface area contributed by atoms with Crippen LogP contribution in [-0.4, -0.2) is 41.2 Å². The topological polar surface area (TPSA) is 89.2 Å². The number of hydrogen-bond acceptors (Lipinski definition) is 7. The van der Waals surface area contributed by atoms with E-state index in [1.807, 2.05) is 12.1 Å². The van der Waals surface area contributed by atoms with Crippen LogP contribution < -0.4 is 20.7 Å². The van der Waals surface area contributed by atoms with Crippen molar-refractivity contribution in [2.75, 3.05) is 30.4 Å². The predicted molar refractivity (Wildman–Crippen MR) is 141 cm³/mol. The molecule has 0 spiro atoms. The maximum absolute atomic E-state index is 14.6. The van der Waals surface area contributed by atoms with Gasteiger partial charge in [-0.15, -0.1) is 0 Å². The summed E-state index contributed by atoms with van der Waals surface area (Å²) in [4.78, 5) is 15.6. The fourth-order valence-electron chi connectivity index (χ4n) is 4.61. The van der Waals surface area contributed by atoms with Crippen LogP contribution in [0, 0.1) is 18.6 Å². The van der Waals surface area contributed by atoms with E-state index in [1.165, 1.54) is 19.2 Å². The molecule has 2 aromatic heterocycles. The monoisotopic (exact) mass is 502 g/mol. The van der Waals surface area contributed by atoms with Crippen LogP contribution in [0.1, 0.15) is 18.4 Å². The van der Waals surface area contributed by atoms with Crippen molar-refractivity contribution in [1.82, 2.24) is 15.0 Å². The molecule has 1 aliphatic heterocycles. The summed E-state index contributed by atoms with van der Waals surface area (Å²) in [6.45, 7) is 3.31. The van der Waals surface area contributed by atoms with Gasteiger partial charge >= 0.3 is 0 Å². The molecule has 0 aliphatic carbocycles. The number of methoxy groups -OCH3 is 1. The number of nitrogens with zero attached hydrogens (tertiary/aromatic N) is 4. The lowest BCUT2D eigenvalue weighted by atomic mass is 10.00. The lowest BCUT2D eigenvalue weighted by Gasteiger charge is -2.34. The van der Waals surface area contributed by atoms with Crippen molar-refractivity contribution >= 4 is 17.3 Å². The third-order valence-electron chi connectivity index (χ3n) is 6.48. The van der Waals surface area contributed by atoms with Crippen LogP contribution in [-0.2, 0) is 0 Å². The molecule has 4 aromatic rings. The van der Waals surface area contributed by atoms with Crippen molar-refractivity contribution < 1.29 is 13.5 Å². The highest BCUT2D eigenvalue weighted by Crippen LogP contribution is 2.35. The molecule has 1 saturated heterocycles. The Bertz CT molecular complexity index is 1430. The first-order chi connectivity index (χ1) is 17.9. The molecule has 1 atom stereocenters. The number of aromatic nitrogens is 3. The molecule has 7 nitrogen and oxygen atoms in total. The zero-order valence-electron chi connectivity index (χ0n) is 20.7. The number of halogens is 2. The van der Waals surface area contributed by atoms with Gasteiger partial charge in [0.2, 0.25) is 0 Å². The van der Waals surface area contributed by atoms with Gasteiger partial charge in [-0.25, -0.2) is 23.7 Å². The van der Waals surface area contributed by atoms with E-state index in [9.17, 15) is 8.78 Å². The molecule has 0 bridgehead atoms. The van der Waals surface area contributed by atoms with Gasteiger partial charge < -0.3 is 20.7 Å². The summed E-state index contributed by atoms with van der Waals surface area (Å²) in [5.74, 6) is 0.828. The lowest BCUT2D eigenvalue weighted by Crippen LogP contribution is -2.43. The van der Waals surface area contributed by atoms with Gasteiger partial charge in [0, 0.05) is 48.8 Å². The largest absolute Gasteiger partial charge is 0.496 e. The molecular weight excluding hydrogens is 474 g/mol. The Balaban J connectivity index is 1.52. The normalized spacial score (nSPS) is 15.5. The van der Waals surface area contributed by atoms with Crippen LogP contribution in [0.15, 0.2) is 60.9 Å². The lowest BCUT2D eigenvalue weighted by molar-refractivity contribution is 0.413. The Hall–Kier alpha value is -4.11. The highest BCUT2D eigenvalue weighted by Gasteiger charge is 2.22. The first-order valence-corrected chi connectivity index (χ1v) is 12.1. The second kappa shape index (κ2) is 10.5. The number of nitrogens with two attached hydrogens (primary N) is 1. The van der Waals surface area contributed by atoms with Gasteiger partial charge in [0.05, 0.1) is 12.7 Å². The third kappa shape index (κ3) is 5.22. The van der Waals surface area contributed by atoms with Crippen molar-refractivity contribution in [3.63, 3.8) is 0 Å². The molecule has 0 amide bonds. The minimum absolute atomic E-state index is 0.0706. The first-order valence-electron chi connectivity index (χ1n) is 12.1. The molecule has 1 aliphatic rings. The zero-order valence-corrected chi connectivity index (χ0v) is 20.7. The van der Waals surface area contributed by atoms with Gasteiger partial charge in [0.1, 0.15) is 29.0 Å². The Morgan fingerprint density at radius 1 is 1.05 bits per heavy atom. The van der Waals surface area contributed by atoms with Gasteiger partial charge in [-0.05, 0) is 61.2 Å². The van der Waals surface area contributed by atoms with Gasteiger partial charge in [0.25, 0.3) is 0 Å². The Morgan fingerprint density at radius 2 is 1.92 bits per heavy atom. The van der Waals surface area contributed by atoms with E-state index in [0.29, 0.717) is 29.5 Å². The molecule has 37 heavy (non-hydrogen) atoms. The average molecular weight is 503 g/mol. The Morgan fingerprint density at radius 3 is 2.70 bits per heavy atom. The minimum Gasteiger partial charge on any atom is -0.496 e. The van der Waals surface area contributed by atoms with E-state index in [-0.39, 0.29) is 23.2 Å². The van der Waals surface area contributed by atoms with E-state index < -0.39 is 5.82 Å². The Labute approximate surface area is 214 Å². The summed E-state index contributed by atoms with van der Waals surface area (Å²) >= 11 is 0. The molecule has 0 saturated carbocycles. The quantitative estimate of drug-likeness (QED) is 0.361. The van der Waals surface area contributed by atoms with Crippen LogP contribution in [0.3, 0.4) is 0 Å². The van der Waals surface area contributed by atoms with Crippen LogP contribution >= 0.6 is 0 Å². The summed E-state index contributed by atoms with van der Waals surface area (Å²) in [7, 11) is 1.47. The van der Waals surface area contributed by atoms with Crippen molar-refractivity contribution in [3.8, 4) is 28.3 Å². The van der Waals surface area contributed by atoms with E-state index in [0.717, 1.165) is 36.2 Å². The summed E-state index contributed by atoms with van der Waals surface area (Å²) in [6, 6.07) is 13.3. The number of anilines is 3. The number of nitrogens with one attached hydrogen (secondary N) is 1.